The second-order valence-corrected chi connectivity index (χ2v) is 7.70. The van der Waals surface area contributed by atoms with Crippen molar-refractivity contribution >= 4 is 40.5 Å². The van der Waals surface area contributed by atoms with Gasteiger partial charge >= 0.3 is 0 Å². The van der Waals surface area contributed by atoms with Crippen LogP contribution in [0, 0.1) is 0 Å². The number of hydrogen-bond acceptors (Lipinski definition) is 5. The minimum atomic E-state index is -0.396. The summed E-state index contributed by atoms with van der Waals surface area (Å²) in [6, 6.07) is 14.6. The lowest BCUT2D eigenvalue weighted by molar-refractivity contribution is -0.135. The number of carbonyl (C=O) groups excluding carboxylic acids is 2. The van der Waals surface area contributed by atoms with Crippen LogP contribution in [0.15, 0.2) is 59.8 Å². The van der Waals surface area contributed by atoms with Crippen LogP contribution in [0.2, 0.25) is 5.02 Å². The Bertz CT molecular complexity index is 1140. The number of carbonyl (C=O) groups is 2. The molecule has 32 heavy (non-hydrogen) atoms. The molecule has 166 valence electrons. The predicted molar refractivity (Wildman–Crippen MR) is 122 cm³/mol. The second kappa shape index (κ2) is 10.3. The average molecular weight is 455 g/mol. The summed E-state index contributed by atoms with van der Waals surface area (Å²) in [4.78, 5) is 26.5. The fourth-order valence-electron chi connectivity index (χ4n) is 3.48. The van der Waals surface area contributed by atoms with Crippen molar-refractivity contribution in [1.29, 1.82) is 0 Å². The van der Waals surface area contributed by atoms with E-state index in [0.717, 1.165) is 16.5 Å². The zero-order valence-corrected chi connectivity index (χ0v) is 18.1. The van der Waals surface area contributed by atoms with Crippen LogP contribution in [0.3, 0.4) is 0 Å². The number of aromatic nitrogens is 1. The van der Waals surface area contributed by atoms with Crippen LogP contribution < -0.4 is 10.2 Å². The van der Waals surface area contributed by atoms with Gasteiger partial charge in [0.15, 0.2) is 6.61 Å². The summed E-state index contributed by atoms with van der Waals surface area (Å²) in [6.07, 6.45) is 3.43. The number of para-hydroxylation sites is 1. The molecule has 0 spiro atoms. The molecule has 2 amide bonds. The number of fused-ring (bicyclic) bond motifs is 1. The minimum Gasteiger partial charge on any atom is -0.484 e. The Balaban J connectivity index is 1.39. The lowest BCUT2D eigenvalue weighted by Gasteiger charge is -2.27. The van der Waals surface area contributed by atoms with E-state index >= 15 is 0 Å². The van der Waals surface area contributed by atoms with E-state index in [-0.39, 0.29) is 19.1 Å². The highest BCUT2D eigenvalue weighted by Gasteiger charge is 2.18. The van der Waals surface area contributed by atoms with Crippen LogP contribution in [0.25, 0.3) is 10.9 Å². The van der Waals surface area contributed by atoms with Gasteiger partial charge in [0.1, 0.15) is 12.3 Å². The first-order chi connectivity index (χ1) is 15.6. The summed E-state index contributed by atoms with van der Waals surface area (Å²) in [5.41, 5.74) is 4.18. The maximum atomic E-state index is 12.7. The maximum Gasteiger partial charge on any atom is 0.277 e. The fourth-order valence-corrected chi connectivity index (χ4v) is 3.66. The Morgan fingerprint density at radius 2 is 1.97 bits per heavy atom. The van der Waals surface area contributed by atoms with Gasteiger partial charge in [0, 0.05) is 40.8 Å². The Morgan fingerprint density at radius 1 is 1.16 bits per heavy atom. The molecule has 9 heteroatoms. The van der Waals surface area contributed by atoms with Crippen molar-refractivity contribution in [3.8, 4) is 5.75 Å². The summed E-state index contributed by atoms with van der Waals surface area (Å²) in [7, 11) is 0. The standard InChI is InChI=1S/C23H23ClN4O4/c24-18-4-3-5-19(12-18)32-16-22(29)26-25-13-17-14-28(21-7-2-1-6-20(17)21)15-23(30)27-8-10-31-11-9-27/h1-7,12-14H,8-11,15-16H2,(H,26,29)/b25-13-. The molecular weight excluding hydrogens is 432 g/mol. The molecule has 1 saturated heterocycles. The van der Waals surface area contributed by atoms with Crippen molar-refractivity contribution < 1.29 is 19.1 Å². The van der Waals surface area contributed by atoms with Crippen LogP contribution in [-0.2, 0) is 20.9 Å². The van der Waals surface area contributed by atoms with E-state index in [0.29, 0.717) is 37.1 Å². The second-order valence-electron chi connectivity index (χ2n) is 7.26. The molecule has 1 aliphatic heterocycles. The number of nitrogens with zero attached hydrogens (tertiary/aromatic N) is 3. The lowest BCUT2D eigenvalue weighted by atomic mass is 10.2. The lowest BCUT2D eigenvalue weighted by Crippen LogP contribution is -2.42. The smallest absolute Gasteiger partial charge is 0.277 e. The van der Waals surface area contributed by atoms with Crippen molar-refractivity contribution in [2.45, 2.75) is 6.54 Å². The van der Waals surface area contributed by atoms with Gasteiger partial charge in [-0.15, -0.1) is 0 Å². The zero-order valence-electron chi connectivity index (χ0n) is 17.4. The largest absolute Gasteiger partial charge is 0.484 e. The molecule has 0 atom stereocenters. The Morgan fingerprint density at radius 3 is 2.78 bits per heavy atom. The van der Waals surface area contributed by atoms with Crippen LogP contribution in [0.4, 0.5) is 0 Å². The first-order valence-corrected chi connectivity index (χ1v) is 10.6. The van der Waals surface area contributed by atoms with E-state index in [1.165, 1.54) is 0 Å². The fraction of sp³-hybridized carbons (Fsp3) is 0.261. The summed E-state index contributed by atoms with van der Waals surface area (Å²) < 4.78 is 12.6. The molecule has 1 N–H and O–H groups in total. The highest BCUT2D eigenvalue weighted by Crippen LogP contribution is 2.20. The topological polar surface area (TPSA) is 85.2 Å². The average Bonchev–Trinajstić information content (AvgIpc) is 3.16. The third-order valence-corrected chi connectivity index (χ3v) is 5.28. The molecule has 0 aliphatic carbocycles. The predicted octanol–water partition coefficient (Wildman–Crippen LogP) is 2.68. The molecule has 0 radical (unpaired) electrons. The van der Waals surface area contributed by atoms with Crippen LogP contribution in [0.1, 0.15) is 5.56 Å². The molecular formula is C23H23ClN4O4. The van der Waals surface area contributed by atoms with Gasteiger partial charge < -0.3 is 18.9 Å². The van der Waals surface area contributed by atoms with Gasteiger partial charge in [-0.3, -0.25) is 9.59 Å². The molecule has 0 unspecified atom stereocenters. The normalized spacial score (nSPS) is 14.1. The van der Waals surface area contributed by atoms with E-state index in [1.807, 2.05) is 39.9 Å². The van der Waals surface area contributed by atoms with Crippen molar-refractivity contribution in [3.63, 3.8) is 0 Å². The number of nitrogens with one attached hydrogen (secondary N) is 1. The number of morpholine rings is 1. The van der Waals surface area contributed by atoms with E-state index in [4.69, 9.17) is 21.1 Å². The number of rotatable bonds is 7. The van der Waals surface area contributed by atoms with Crippen molar-refractivity contribution in [2.24, 2.45) is 5.10 Å². The van der Waals surface area contributed by atoms with Crippen molar-refractivity contribution in [2.75, 3.05) is 32.9 Å². The van der Waals surface area contributed by atoms with Gasteiger partial charge in [-0.05, 0) is 24.3 Å². The maximum absolute atomic E-state index is 12.7. The molecule has 0 saturated carbocycles. The van der Waals surface area contributed by atoms with Crippen LogP contribution in [-0.4, -0.2) is 60.4 Å². The Labute approximate surface area is 190 Å². The van der Waals surface area contributed by atoms with Crippen molar-refractivity contribution in [1.82, 2.24) is 14.9 Å². The number of hydrazone groups is 1. The van der Waals surface area contributed by atoms with Crippen LogP contribution in [0.5, 0.6) is 5.75 Å². The van der Waals surface area contributed by atoms with E-state index < -0.39 is 5.91 Å². The summed E-state index contributed by atoms with van der Waals surface area (Å²) in [6.45, 7) is 2.39. The first-order valence-electron chi connectivity index (χ1n) is 10.2. The summed E-state index contributed by atoms with van der Waals surface area (Å²) in [5, 5.41) is 5.52. The molecule has 1 aliphatic rings. The van der Waals surface area contributed by atoms with Gasteiger partial charge in [-0.25, -0.2) is 5.43 Å². The Kier molecular flexibility index (Phi) is 7.03. The molecule has 2 aromatic carbocycles. The molecule has 2 heterocycles. The quantitative estimate of drug-likeness (QED) is 0.439. The van der Waals surface area contributed by atoms with E-state index in [1.54, 1.807) is 30.5 Å². The third kappa shape index (κ3) is 5.46. The molecule has 1 aromatic heterocycles. The zero-order chi connectivity index (χ0) is 22.3. The van der Waals surface area contributed by atoms with Crippen molar-refractivity contribution in [3.05, 3.63) is 65.3 Å². The van der Waals surface area contributed by atoms with Gasteiger partial charge in [0.05, 0.1) is 19.4 Å². The SMILES string of the molecule is O=C(COc1cccc(Cl)c1)N/N=C\c1cn(CC(=O)N2CCOCC2)c2ccccc12. The summed E-state index contributed by atoms with van der Waals surface area (Å²) >= 11 is 5.90. The van der Waals surface area contributed by atoms with Gasteiger partial charge in [0.25, 0.3) is 5.91 Å². The van der Waals surface area contributed by atoms with Gasteiger partial charge in [0.2, 0.25) is 5.91 Å². The molecule has 4 rings (SSSR count). The first kappa shape index (κ1) is 21.9. The molecule has 3 aromatic rings. The monoisotopic (exact) mass is 454 g/mol. The highest BCUT2D eigenvalue weighted by molar-refractivity contribution is 6.30. The van der Waals surface area contributed by atoms with Gasteiger partial charge in [-0.1, -0.05) is 35.9 Å². The number of hydrogen-bond donors (Lipinski definition) is 1. The van der Waals surface area contributed by atoms with E-state index in [9.17, 15) is 9.59 Å². The summed E-state index contributed by atoms with van der Waals surface area (Å²) in [5.74, 6) is 0.154. The van der Waals surface area contributed by atoms with E-state index in [2.05, 4.69) is 10.5 Å². The number of amides is 2. The van der Waals surface area contributed by atoms with Crippen LogP contribution >= 0.6 is 11.6 Å². The number of benzene rings is 2. The number of ether oxygens (including phenoxy) is 2. The Hall–Kier alpha value is -3.36. The molecule has 0 bridgehead atoms. The third-order valence-electron chi connectivity index (χ3n) is 5.05. The minimum absolute atomic E-state index is 0.0454. The highest BCUT2D eigenvalue weighted by atomic mass is 35.5. The number of halogens is 1. The molecule has 8 nitrogen and oxygen atoms in total. The van der Waals surface area contributed by atoms with Gasteiger partial charge in [-0.2, -0.15) is 5.10 Å². The molecule has 1 fully saturated rings.